The summed E-state index contributed by atoms with van der Waals surface area (Å²) in [6.07, 6.45) is 3.83. The maximum absolute atomic E-state index is 12.0. The van der Waals surface area contributed by atoms with E-state index in [-0.39, 0.29) is 5.91 Å². The van der Waals surface area contributed by atoms with Gasteiger partial charge in [-0.15, -0.1) is 0 Å². The summed E-state index contributed by atoms with van der Waals surface area (Å²) in [5.41, 5.74) is 7.29. The van der Waals surface area contributed by atoms with E-state index in [1.54, 1.807) is 0 Å². The predicted molar refractivity (Wildman–Crippen MR) is 73.2 cm³/mol. The Bertz CT molecular complexity index is 417. The number of benzene rings is 1. The van der Waals surface area contributed by atoms with Gasteiger partial charge >= 0.3 is 0 Å². The van der Waals surface area contributed by atoms with Gasteiger partial charge in [-0.2, -0.15) is 0 Å². The number of nitrogens with one attached hydrogen (secondary N) is 1. The summed E-state index contributed by atoms with van der Waals surface area (Å²) >= 11 is 0. The van der Waals surface area contributed by atoms with Gasteiger partial charge in [-0.1, -0.05) is 31.9 Å². The molecule has 0 spiro atoms. The van der Waals surface area contributed by atoms with Gasteiger partial charge in [0.15, 0.2) is 0 Å². The van der Waals surface area contributed by atoms with Crippen molar-refractivity contribution in [2.45, 2.75) is 32.7 Å². The van der Waals surface area contributed by atoms with Crippen LogP contribution >= 0.6 is 0 Å². The van der Waals surface area contributed by atoms with Crippen molar-refractivity contribution in [3.8, 4) is 0 Å². The van der Waals surface area contributed by atoms with Crippen molar-refractivity contribution in [2.24, 2.45) is 17.6 Å². The van der Waals surface area contributed by atoms with Gasteiger partial charge < -0.3 is 11.1 Å². The van der Waals surface area contributed by atoms with E-state index in [1.165, 1.54) is 19.3 Å². The van der Waals surface area contributed by atoms with Crippen molar-refractivity contribution in [1.29, 1.82) is 0 Å². The van der Waals surface area contributed by atoms with Crippen molar-refractivity contribution < 1.29 is 4.79 Å². The van der Waals surface area contributed by atoms with Gasteiger partial charge in [0, 0.05) is 18.7 Å². The zero-order chi connectivity index (χ0) is 13.0. The van der Waals surface area contributed by atoms with Crippen LogP contribution in [0.3, 0.4) is 0 Å². The average molecular weight is 246 g/mol. The first kappa shape index (κ1) is 13.1. The summed E-state index contributed by atoms with van der Waals surface area (Å²) in [6, 6.07) is 7.53. The predicted octanol–water partition coefficient (Wildman–Crippen LogP) is 2.31. The highest BCUT2D eigenvalue weighted by molar-refractivity contribution is 5.94. The lowest BCUT2D eigenvalue weighted by molar-refractivity contribution is 0.0944. The number of carbonyl (C=O) groups excluding carboxylic acids is 1. The van der Waals surface area contributed by atoms with Crippen LogP contribution in [-0.2, 0) is 6.54 Å². The minimum atomic E-state index is 0.0180. The molecule has 0 aromatic heterocycles. The third-order valence-corrected chi connectivity index (χ3v) is 3.99. The lowest BCUT2D eigenvalue weighted by Gasteiger charge is -2.16. The third kappa shape index (κ3) is 3.10. The fourth-order valence-electron chi connectivity index (χ4n) is 2.69. The zero-order valence-electron chi connectivity index (χ0n) is 11.0. The second kappa shape index (κ2) is 6.01. The first-order valence-corrected chi connectivity index (χ1v) is 6.78. The van der Waals surface area contributed by atoms with Gasteiger partial charge in [-0.05, 0) is 36.0 Å². The quantitative estimate of drug-likeness (QED) is 0.856. The zero-order valence-corrected chi connectivity index (χ0v) is 11.0. The molecular formula is C15H22N2O. The topological polar surface area (TPSA) is 55.1 Å². The van der Waals surface area contributed by atoms with Crippen LogP contribution in [0, 0.1) is 11.8 Å². The van der Waals surface area contributed by atoms with Crippen LogP contribution in [-0.4, -0.2) is 12.5 Å². The number of nitrogens with two attached hydrogens (primary N) is 1. The van der Waals surface area contributed by atoms with E-state index in [0.717, 1.165) is 18.0 Å². The van der Waals surface area contributed by atoms with Crippen LogP contribution < -0.4 is 11.1 Å². The van der Waals surface area contributed by atoms with E-state index in [4.69, 9.17) is 5.73 Å². The molecule has 0 aliphatic heterocycles. The maximum Gasteiger partial charge on any atom is 0.251 e. The molecule has 1 saturated carbocycles. The van der Waals surface area contributed by atoms with Gasteiger partial charge in [0.05, 0.1) is 0 Å². The highest BCUT2D eigenvalue weighted by Crippen LogP contribution is 2.30. The van der Waals surface area contributed by atoms with E-state index in [0.29, 0.717) is 18.0 Å². The summed E-state index contributed by atoms with van der Waals surface area (Å²) in [5, 5.41) is 3.04. The van der Waals surface area contributed by atoms with Gasteiger partial charge in [-0.3, -0.25) is 4.79 Å². The molecule has 1 amide bonds. The molecule has 18 heavy (non-hydrogen) atoms. The Hall–Kier alpha value is -1.35. The van der Waals surface area contributed by atoms with Crippen molar-refractivity contribution in [2.75, 3.05) is 6.54 Å². The lowest BCUT2D eigenvalue weighted by atomic mass is 9.98. The van der Waals surface area contributed by atoms with Gasteiger partial charge in [-0.25, -0.2) is 0 Å². The molecular weight excluding hydrogens is 224 g/mol. The monoisotopic (exact) mass is 246 g/mol. The molecule has 1 fully saturated rings. The molecule has 0 saturated heterocycles. The Balaban J connectivity index is 1.90. The van der Waals surface area contributed by atoms with Crippen LogP contribution in [0.5, 0.6) is 0 Å². The Morgan fingerprint density at radius 2 is 2.28 bits per heavy atom. The van der Waals surface area contributed by atoms with E-state index >= 15 is 0 Å². The smallest absolute Gasteiger partial charge is 0.251 e. The molecule has 0 radical (unpaired) electrons. The molecule has 1 aromatic rings. The number of carbonyl (C=O) groups is 1. The lowest BCUT2D eigenvalue weighted by Crippen LogP contribution is -2.30. The molecule has 1 aliphatic rings. The fraction of sp³-hybridized carbons (Fsp3) is 0.533. The molecule has 3 heteroatoms. The van der Waals surface area contributed by atoms with Gasteiger partial charge in [0.1, 0.15) is 0 Å². The normalized spacial score (nSPS) is 23.0. The minimum Gasteiger partial charge on any atom is -0.352 e. The van der Waals surface area contributed by atoms with Gasteiger partial charge in [0.2, 0.25) is 0 Å². The molecule has 0 heterocycles. The highest BCUT2D eigenvalue weighted by Gasteiger charge is 2.23. The Labute approximate surface area is 109 Å². The van der Waals surface area contributed by atoms with E-state index in [9.17, 15) is 4.79 Å². The minimum absolute atomic E-state index is 0.0180. The summed E-state index contributed by atoms with van der Waals surface area (Å²) in [6.45, 7) is 3.55. The van der Waals surface area contributed by atoms with E-state index in [2.05, 4.69) is 12.2 Å². The number of amides is 1. The van der Waals surface area contributed by atoms with E-state index < -0.39 is 0 Å². The van der Waals surface area contributed by atoms with Crippen molar-refractivity contribution in [3.63, 3.8) is 0 Å². The molecule has 3 nitrogen and oxygen atoms in total. The first-order chi connectivity index (χ1) is 8.70. The largest absolute Gasteiger partial charge is 0.352 e. The fourth-order valence-corrected chi connectivity index (χ4v) is 2.69. The van der Waals surface area contributed by atoms with Crippen molar-refractivity contribution in [3.05, 3.63) is 35.4 Å². The Morgan fingerprint density at radius 1 is 1.44 bits per heavy atom. The summed E-state index contributed by atoms with van der Waals surface area (Å²) < 4.78 is 0. The molecule has 3 N–H and O–H groups in total. The Kier molecular flexibility index (Phi) is 4.37. The highest BCUT2D eigenvalue weighted by atomic mass is 16.1. The second-order valence-corrected chi connectivity index (χ2v) is 5.28. The number of rotatable bonds is 4. The van der Waals surface area contributed by atoms with Crippen molar-refractivity contribution >= 4 is 5.91 Å². The second-order valence-electron chi connectivity index (χ2n) is 5.28. The van der Waals surface area contributed by atoms with Crippen LogP contribution in [0.1, 0.15) is 42.1 Å². The number of hydrogen-bond acceptors (Lipinski definition) is 2. The number of hydrogen-bond donors (Lipinski definition) is 2. The molecule has 0 bridgehead atoms. The van der Waals surface area contributed by atoms with Crippen molar-refractivity contribution in [1.82, 2.24) is 5.32 Å². The molecule has 2 unspecified atom stereocenters. The summed E-state index contributed by atoms with van der Waals surface area (Å²) in [7, 11) is 0. The standard InChI is InChI=1S/C15H22N2O/c1-11-4-2-7-14(11)10-17-15(18)13-6-3-5-12(8-13)9-16/h3,5-6,8,11,14H,2,4,7,9-10,16H2,1H3,(H,17,18). The molecule has 2 atom stereocenters. The molecule has 1 aliphatic carbocycles. The van der Waals surface area contributed by atoms with E-state index in [1.807, 2.05) is 24.3 Å². The summed E-state index contributed by atoms with van der Waals surface area (Å²) in [4.78, 5) is 12.0. The van der Waals surface area contributed by atoms with Crippen LogP contribution in [0.2, 0.25) is 0 Å². The van der Waals surface area contributed by atoms with Crippen LogP contribution in [0.4, 0.5) is 0 Å². The maximum atomic E-state index is 12.0. The SMILES string of the molecule is CC1CCCC1CNC(=O)c1cccc(CN)c1. The summed E-state index contributed by atoms with van der Waals surface area (Å²) in [5.74, 6) is 1.40. The first-order valence-electron chi connectivity index (χ1n) is 6.78. The van der Waals surface area contributed by atoms with Crippen LogP contribution in [0.15, 0.2) is 24.3 Å². The molecule has 98 valence electrons. The average Bonchev–Trinajstić information content (AvgIpc) is 2.81. The third-order valence-electron chi connectivity index (χ3n) is 3.99. The van der Waals surface area contributed by atoms with Crippen LogP contribution in [0.25, 0.3) is 0 Å². The molecule has 2 rings (SSSR count). The van der Waals surface area contributed by atoms with Gasteiger partial charge in [0.25, 0.3) is 5.91 Å². The Morgan fingerprint density at radius 3 is 2.94 bits per heavy atom. The molecule has 1 aromatic carbocycles.